The van der Waals surface area contributed by atoms with Crippen molar-refractivity contribution in [2.75, 3.05) is 12.4 Å². The summed E-state index contributed by atoms with van der Waals surface area (Å²) in [4.78, 5) is 4.28. The van der Waals surface area contributed by atoms with Gasteiger partial charge in [-0.2, -0.15) is 0 Å². The number of sulfone groups is 1. The van der Waals surface area contributed by atoms with E-state index in [9.17, 15) is 8.42 Å². The zero-order valence-electron chi connectivity index (χ0n) is 15.0. The van der Waals surface area contributed by atoms with Crippen molar-refractivity contribution >= 4 is 33.0 Å². The Hall–Kier alpha value is -2.08. The fourth-order valence-electron chi connectivity index (χ4n) is 2.67. The van der Waals surface area contributed by atoms with Gasteiger partial charge < -0.3 is 4.74 Å². The lowest BCUT2D eigenvalue weighted by atomic mass is 10.1. The van der Waals surface area contributed by atoms with Crippen LogP contribution in [0, 0.1) is 0 Å². The van der Waals surface area contributed by atoms with Crippen LogP contribution in [0.5, 0.6) is 5.75 Å². The van der Waals surface area contributed by atoms with E-state index in [1.807, 2.05) is 42.6 Å². The number of hydrogen-bond acceptors (Lipinski definition) is 4. The van der Waals surface area contributed by atoms with Gasteiger partial charge in [0.25, 0.3) is 0 Å². The molecule has 0 aliphatic carbocycles. The minimum Gasteiger partial charge on any atom is -0.494 e. The zero-order valence-corrected chi connectivity index (χ0v) is 17.3. The third-order valence-corrected chi connectivity index (χ3v) is 6.67. The van der Waals surface area contributed by atoms with Crippen LogP contribution in [-0.2, 0) is 16.3 Å². The highest BCUT2D eigenvalue weighted by atomic mass is 35.5. The molecule has 3 rings (SSSR count). The normalized spacial score (nSPS) is 11.4. The molecule has 0 radical (unpaired) electrons. The van der Waals surface area contributed by atoms with E-state index in [0.717, 1.165) is 17.5 Å². The van der Waals surface area contributed by atoms with Gasteiger partial charge in [-0.3, -0.25) is 4.98 Å². The predicted octanol–water partition coefficient (Wildman–Crippen LogP) is 5.22. The molecule has 1 aromatic heterocycles. The standard InChI is InChI=1S/C21H19Cl2NO3S/c22-20-9-8-19(14-21(20)23)28(25,26)12-2-11-27-18-6-4-16(5-7-18)13-17-3-1-10-24-15-17/h1,3-10,14-15H,2,11-13H2. The Bertz CT molecular complexity index is 1020. The third-order valence-electron chi connectivity index (χ3n) is 4.13. The van der Waals surface area contributed by atoms with Crippen molar-refractivity contribution in [3.63, 3.8) is 0 Å². The monoisotopic (exact) mass is 435 g/mol. The number of rotatable bonds is 8. The Balaban J connectivity index is 1.49. The summed E-state index contributed by atoms with van der Waals surface area (Å²) in [7, 11) is -3.42. The Morgan fingerprint density at radius 1 is 0.929 bits per heavy atom. The molecule has 0 aliphatic heterocycles. The van der Waals surface area contributed by atoms with Gasteiger partial charge in [0, 0.05) is 12.4 Å². The number of hydrogen-bond donors (Lipinski definition) is 0. The second-order valence-corrected chi connectivity index (χ2v) is 9.20. The van der Waals surface area contributed by atoms with Gasteiger partial charge in [0.1, 0.15) is 5.75 Å². The van der Waals surface area contributed by atoms with Gasteiger partial charge >= 0.3 is 0 Å². The number of benzene rings is 2. The predicted molar refractivity (Wildman–Crippen MR) is 112 cm³/mol. The summed E-state index contributed by atoms with van der Waals surface area (Å²) >= 11 is 11.7. The average molecular weight is 436 g/mol. The summed E-state index contributed by atoms with van der Waals surface area (Å²) in [6, 6.07) is 16.0. The number of aromatic nitrogens is 1. The van der Waals surface area contributed by atoms with Crippen LogP contribution in [0.25, 0.3) is 0 Å². The van der Waals surface area contributed by atoms with Crippen LogP contribution in [0.3, 0.4) is 0 Å². The molecule has 0 saturated heterocycles. The van der Waals surface area contributed by atoms with Gasteiger partial charge in [-0.1, -0.05) is 41.4 Å². The second-order valence-electron chi connectivity index (χ2n) is 6.28. The van der Waals surface area contributed by atoms with E-state index in [4.69, 9.17) is 27.9 Å². The van der Waals surface area contributed by atoms with Crippen LogP contribution in [-0.4, -0.2) is 25.8 Å². The largest absolute Gasteiger partial charge is 0.494 e. The van der Waals surface area contributed by atoms with Crippen LogP contribution in [0.4, 0.5) is 0 Å². The molecule has 0 unspecified atom stereocenters. The van der Waals surface area contributed by atoms with Crippen molar-refractivity contribution in [1.29, 1.82) is 0 Å². The third kappa shape index (κ3) is 5.71. The van der Waals surface area contributed by atoms with E-state index < -0.39 is 9.84 Å². The first kappa shape index (κ1) is 20.6. The molecule has 28 heavy (non-hydrogen) atoms. The summed E-state index contributed by atoms with van der Waals surface area (Å²) in [6.07, 6.45) is 4.77. The highest BCUT2D eigenvalue weighted by molar-refractivity contribution is 7.91. The van der Waals surface area contributed by atoms with Gasteiger partial charge in [-0.25, -0.2) is 8.42 Å². The molecule has 0 aliphatic rings. The van der Waals surface area contributed by atoms with Crippen molar-refractivity contribution in [3.05, 3.63) is 88.2 Å². The second kappa shape index (κ2) is 9.41. The number of ether oxygens (including phenoxy) is 1. The van der Waals surface area contributed by atoms with E-state index >= 15 is 0 Å². The lowest BCUT2D eigenvalue weighted by Crippen LogP contribution is -2.10. The van der Waals surface area contributed by atoms with Crippen LogP contribution >= 0.6 is 23.2 Å². The molecule has 4 nitrogen and oxygen atoms in total. The molecule has 0 atom stereocenters. The topological polar surface area (TPSA) is 56.3 Å². The first-order chi connectivity index (χ1) is 13.4. The van der Waals surface area contributed by atoms with E-state index in [1.54, 1.807) is 6.20 Å². The van der Waals surface area contributed by atoms with Crippen molar-refractivity contribution in [2.24, 2.45) is 0 Å². The SMILES string of the molecule is O=S(=O)(CCCOc1ccc(Cc2cccnc2)cc1)c1ccc(Cl)c(Cl)c1. The lowest BCUT2D eigenvalue weighted by molar-refractivity contribution is 0.317. The smallest absolute Gasteiger partial charge is 0.178 e. The van der Waals surface area contributed by atoms with Crippen molar-refractivity contribution in [1.82, 2.24) is 4.98 Å². The zero-order chi connectivity index (χ0) is 20.0. The van der Waals surface area contributed by atoms with Crippen LogP contribution in [0.1, 0.15) is 17.5 Å². The molecule has 0 amide bonds. The summed E-state index contributed by atoms with van der Waals surface area (Å²) in [6.45, 7) is 0.308. The van der Waals surface area contributed by atoms with Crippen LogP contribution in [0.15, 0.2) is 71.9 Å². The molecular formula is C21H19Cl2NO3S. The number of pyridine rings is 1. The molecule has 0 bridgehead atoms. The molecule has 0 saturated carbocycles. The highest BCUT2D eigenvalue weighted by Crippen LogP contribution is 2.25. The average Bonchev–Trinajstić information content (AvgIpc) is 2.69. The Morgan fingerprint density at radius 3 is 2.39 bits per heavy atom. The van der Waals surface area contributed by atoms with E-state index in [0.29, 0.717) is 23.8 Å². The van der Waals surface area contributed by atoms with Gasteiger partial charge in [-0.05, 0) is 60.4 Å². The highest BCUT2D eigenvalue weighted by Gasteiger charge is 2.15. The Morgan fingerprint density at radius 2 is 1.71 bits per heavy atom. The maximum atomic E-state index is 12.4. The maximum absolute atomic E-state index is 12.4. The molecule has 7 heteroatoms. The van der Waals surface area contributed by atoms with E-state index in [1.165, 1.54) is 18.2 Å². The molecule has 2 aromatic carbocycles. The van der Waals surface area contributed by atoms with Gasteiger partial charge in [0.05, 0.1) is 27.3 Å². The van der Waals surface area contributed by atoms with E-state index in [-0.39, 0.29) is 15.7 Å². The van der Waals surface area contributed by atoms with Crippen molar-refractivity contribution in [3.8, 4) is 5.75 Å². The first-order valence-electron chi connectivity index (χ1n) is 8.72. The Labute approximate surface area is 175 Å². The Kier molecular flexibility index (Phi) is 6.94. The molecule has 0 fully saturated rings. The quantitative estimate of drug-likeness (QED) is 0.454. The fraction of sp³-hybridized carbons (Fsp3) is 0.190. The minimum absolute atomic E-state index is 0.0238. The van der Waals surface area contributed by atoms with Crippen molar-refractivity contribution in [2.45, 2.75) is 17.7 Å². The molecule has 3 aromatic rings. The van der Waals surface area contributed by atoms with Crippen LogP contribution < -0.4 is 4.74 Å². The van der Waals surface area contributed by atoms with Crippen LogP contribution in [0.2, 0.25) is 10.0 Å². The summed E-state index contributed by atoms with van der Waals surface area (Å²) in [5.41, 5.74) is 2.30. The molecule has 0 spiro atoms. The lowest BCUT2D eigenvalue weighted by Gasteiger charge is -2.09. The fourth-order valence-corrected chi connectivity index (χ4v) is 4.34. The summed E-state index contributed by atoms with van der Waals surface area (Å²) < 4.78 is 30.4. The molecular weight excluding hydrogens is 417 g/mol. The summed E-state index contributed by atoms with van der Waals surface area (Å²) in [5, 5.41) is 0.557. The number of halogens is 2. The first-order valence-corrected chi connectivity index (χ1v) is 11.1. The molecule has 146 valence electrons. The van der Waals surface area contributed by atoms with Gasteiger partial charge in [0.2, 0.25) is 0 Å². The van der Waals surface area contributed by atoms with Crippen molar-refractivity contribution < 1.29 is 13.2 Å². The van der Waals surface area contributed by atoms with Gasteiger partial charge in [0.15, 0.2) is 9.84 Å². The molecule has 0 N–H and O–H groups in total. The molecule has 1 heterocycles. The van der Waals surface area contributed by atoms with E-state index in [2.05, 4.69) is 4.98 Å². The van der Waals surface area contributed by atoms with Gasteiger partial charge in [-0.15, -0.1) is 0 Å². The number of nitrogens with zero attached hydrogens (tertiary/aromatic N) is 1. The summed E-state index contributed by atoms with van der Waals surface area (Å²) in [5.74, 6) is 0.686. The maximum Gasteiger partial charge on any atom is 0.178 e. The minimum atomic E-state index is -3.42.